The van der Waals surface area contributed by atoms with Crippen molar-refractivity contribution in [1.82, 2.24) is 5.32 Å². The van der Waals surface area contributed by atoms with E-state index in [-0.39, 0.29) is 5.54 Å². The van der Waals surface area contributed by atoms with Gasteiger partial charge in [-0.3, -0.25) is 0 Å². The second-order valence-corrected chi connectivity index (χ2v) is 3.44. The highest BCUT2D eigenvalue weighted by molar-refractivity contribution is 5.12. The summed E-state index contributed by atoms with van der Waals surface area (Å²) in [4.78, 5) is 0. The minimum Gasteiger partial charge on any atom is -0.310 e. The summed E-state index contributed by atoms with van der Waals surface area (Å²) >= 11 is 0. The van der Waals surface area contributed by atoms with Gasteiger partial charge in [0.25, 0.3) is 0 Å². The van der Waals surface area contributed by atoms with E-state index in [1.807, 2.05) is 12.2 Å². The lowest BCUT2D eigenvalue weighted by molar-refractivity contribution is 0.302. The lowest BCUT2D eigenvalue weighted by Gasteiger charge is -2.36. The molecule has 1 nitrogen and oxygen atoms in total. The Labute approximate surface area is 75.6 Å². The zero-order valence-corrected chi connectivity index (χ0v) is 7.68. The molecule has 67 valence electrons. The van der Waals surface area contributed by atoms with Crippen molar-refractivity contribution >= 4 is 0 Å². The van der Waals surface area contributed by atoms with Crippen LogP contribution in [0.3, 0.4) is 0 Å². The Balaban J connectivity index is 2.55. The molecule has 0 spiro atoms. The standard InChI is InChI=1S/C11H18N/c1-3-7-11(8-4-2)9-5-6-10-12-11/h3-4,7,12H,1-2,5-6,8-10H2/i11+2. The molecular formula is C11H18N. The Morgan fingerprint density at radius 1 is 1.33 bits per heavy atom. The number of hydrogen-bond acceptors (Lipinski definition) is 1. The second kappa shape index (κ2) is 4.46. The summed E-state index contributed by atoms with van der Waals surface area (Å²) in [6, 6.07) is 0. The van der Waals surface area contributed by atoms with Crippen LogP contribution in [-0.2, 0) is 0 Å². The molecule has 0 saturated carbocycles. The van der Waals surface area contributed by atoms with Gasteiger partial charge < -0.3 is 5.32 Å². The second-order valence-electron chi connectivity index (χ2n) is 3.44. The van der Waals surface area contributed by atoms with Crippen LogP contribution < -0.4 is 5.32 Å². The molecule has 12 heavy (non-hydrogen) atoms. The van der Waals surface area contributed by atoms with Crippen molar-refractivity contribution in [2.45, 2.75) is 31.2 Å². The maximum atomic E-state index is 3.79. The average molecular weight is 166 g/mol. The van der Waals surface area contributed by atoms with Crippen LogP contribution in [0.1, 0.15) is 25.7 Å². The third kappa shape index (κ3) is 2.21. The van der Waals surface area contributed by atoms with E-state index in [1.54, 1.807) is 0 Å². The summed E-state index contributed by atoms with van der Waals surface area (Å²) < 4.78 is 0. The summed E-state index contributed by atoms with van der Waals surface area (Å²) in [6.07, 6.45) is 10.9. The van der Waals surface area contributed by atoms with Crippen molar-refractivity contribution in [1.29, 1.82) is 0 Å². The van der Waals surface area contributed by atoms with Gasteiger partial charge in [-0.15, -0.1) is 13.2 Å². The molecule has 0 amide bonds. The molecule has 0 aromatic rings. The van der Waals surface area contributed by atoms with Crippen LogP contribution in [-0.4, -0.2) is 12.1 Å². The molecule has 0 bridgehead atoms. The van der Waals surface area contributed by atoms with Gasteiger partial charge in [0.05, 0.1) is 0 Å². The minimum atomic E-state index is 0.168. The third-order valence-electron chi connectivity index (χ3n) is 2.47. The van der Waals surface area contributed by atoms with Crippen molar-refractivity contribution < 1.29 is 0 Å². The van der Waals surface area contributed by atoms with Crippen LogP contribution in [0.4, 0.5) is 0 Å². The van der Waals surface area contributed by atoms with Crippen LogP contribution in [0.5, 0.6) is 0 Å². The maximum Gasteiger partial charge on any atom is 0.0284 e. The van der Waals surface area contributed by atoms with Crippen molar-refractivity contribution in [3.63, 3.8) is 0 Å². The molecule has 0 aromatic carbocycles. The fraction of sp³-hybridized carbons (Fsp3) is 0.545. The molecule has 1 atom stereocenters. The summed E-state index contributed by atoms with van der Waals surface area (Å²) in [5, 5.41) is 3.54. The van der Waals surface area contributed by atoms with Gasteiger partial charge in [0.1, 0.15) is 0 Å². The molecule has 0 aliphatic carbocycles. The number of nitrogens with one attached hydrogen (secondary N) is 1. The first kappa shape index (κ1) is 9.53. The Hall–Kier alpha value is -0.560. The van der Waals surface area contributed by atoms with E-state index < -0.39 is 0 Å². The Morgan fingerprint density at radius 3 is 2.67 bits per heavy atom. The highest BCUT2D eigenvalue weighted by atomic mass is 15.7. The maximum absolute atomic E-state index is 3.79. The van der Waals surface area contributed by atoms with Gasteiger partial charge in [-0.1, -0.05) is 18.6 Å². The Morgan fingerprint density at radius 2 is 2.17 bits per heavy atom. The van der Waals surface area contributed by atoms with Gasteiger partial charge in [0.2, 0.25) is 0 Å². The zero-order chi connectivity index (χ0) is 8.86. The molecule has 1 heteroatoms. The molecule has 1 rings (SSSR count). The molecule has 1 fully saturated rings. The van der Waals surface area contributed by atoms with Crippen LogP contribution in [0.2, 0.25) is 0 Å². The lowest BCUT2D eigenvalue weighted by Crippen LogP contribution is -2.48. The normalized spacial score (nSPS) is 21.7. The predicted octanol–water partition coefficient (Wildman–Crippen LogP) is 2.47. The molecule has 1 N–H and O–H groups in total. The van der Waals surface area contributed by atoms with E-state index in [4.69, 9.17) is 0 Å². The lowest BCUT2D eigenvalue weighted by atomic mass is 10.2. The minimum absolute atomic E-state index is 0.168. The number of hydrogen-bond donors (Lipinski definition) is 1. The van der Waals surface area contributed by atoms with Gasteiger partial charge in [0.15, 0.2) is 0 Å². The summed E-state index contributed by atoms with van der Waals surface area (Å²) in [6.45, 7) is 8.66. The van der Waals surface area contributed by atoms with Gasteiger partial charge in [-0.25, -0.2) is 0 Å². The van der Waals surface area contributed by atoms with Gasteiger partial charge in [-0.2, -0.15) is 0 Å². The Bertz CT molecular complexity index is 142. The monoisotopic (exact) mass is 166 g/mol. The van der Waals surface area contributed by atoms with Crippen molar-refractivity contribution in [3.05, 3.63) is 31.7 Å². The Kier molecular flexibility index (Phi) is 3.54. The predicted molar refractivity (Wildman–Crippen MR) is 53.9 cm³/mol. The fourth-order valence-electron chi connectivity index (χ4n) is 1.86. The third-order valence-corrected chi connectivity index (χ3v) is 2.47. The fourth-order valence-corrected chi connectivity index (χ4v) is 1.86. The quantitative estimate of drug-likeness (QED) is 0.633. The van der Waals surface area contributed by atoms with Gasteiger partial charge in [0, 0.05) is 12.0 Å². The topological polar surface area (TPSA) is 12.0 Å². The van der Waals surface area contributed by atoms with E-state index >= 15 is 0 Å². The summed E-state index contributed by atoms with van der Waals surface area (Å²) in [7, 11) is 0. The molecule has 0 aromatic heterocycles. The SMILES string of the molecule is C=C[CH][14C]1(CC=C)CCCCN1. The van der Waals surface area contributed by atoms with E-state index in [0.717, 1.165) is 13.0 Å². The number of piperidine rings is 1. The molecular weight excluding hydrogens is 148 g/mol. The van der Waals surface area contributed by atoms with Crippen molar-refractivity contribution in [3.8, 4) is 0 Å². The van der Waals surface area contributed by atoms with E-state index in [9.17, 15) is 0 Å². The smallest absolute Gasteiger partial charge is 0.0284 e. The average Bonchev–Trinajstić information content (AvgIpc) is 2.07. The van der Waals surface area contributed by atoms with E-state index in [1.165, 1.54) is 19.3 Å². The van der Waals surface area contributed by atoms with E-state index in [2.05, 4.69) is 24.9 Å². The highest BCUT2D eigenvalue weighted by Crippen LogP contribution is 2.26. The zero-order valence-electron chi connectivity index (χ0n) is 7.68. The molecule has 1 unspecified atom stereocenters. The van der Waals surface area contributed by atoms with Crippen molar-refractivity contribution in [2.75, 3.05) is 6.54 Å². The van der Waals surface area contributed by atoms with Crippen LogP contribution >= 0.6 is 0 Å². The molecule has 1 aliphatic rings. The van der Waals surface area contributed by atoms with Crippen LogP contribution in [0, 0.1) is 6.42 Å². The van der Waals surface area contributed by atoms with Crippen molar-refractivity contribution in [2.24, 2.45) is 0 Å². The van der Waals surface area contributed by atoms with Gasteiger partial charge >= 0.3 is 0 Å². The van der Waals surface area contributed by atoms with E-state index in [0.29, 0.717) is 0 Å². The molecule has 1 saturated heterocycles. The molecule has 1 aliphatic heterocycles. The first-order valence-corrected chi connectivity index (χ1v) is 4.66. The summed E-state index contributed by atoms with van der Waals surface area (Å²) in [5.74, 6) is 0. The van der Waals surface area contributed by atoms with Crippen LogP contribution in [0.25, 0.3) is 0 Å². The first-order chi connectivity index (χ1) is 5.83. The first-order valence-electron chi connectivity index (χ1n) is 4.66. The highest BCUT2D eigenvalue weighted by Gasteiger charge is 2.28. The van der Waals surface area contributed by atoms with Crippen LogP contribution in [0.15, 0.2) is 25.3 Å². The molecule has 1 radical (unpaired) electrons. The largest absolute Gasteiger partial charge is 0.310 e. The molecule has 1 heterocycles. The summed E-state index contributed by atoms with van der Waals surface area (Å²) in [5.41, 5.74) is 0.168. The van der Waals surface area contributed by atoms with Gasteiger partial charge in [-0.05, 0) is 25.8 Å². The number of rotatable bonds is 4.